The lowest BCUT2D eigenvalue weighted by Crippen LogP contribution is -2.46. The average molecular weight is 331 g/mol. The van der Waals surface area contributed by atoms with E-state index in [9.17, 15) is 0 Å². The van der Waals surface area contributed by atoms with Crippen molar-refractivity contribution in [1.29, 1.82) is 0 Å². The number of hydrogen-bond acceptors (Lipinski definition) is 4. The molecule has 2 atom stereocenters. The van der Waals surface area contributed by atoms with Crippen LogP contribution in [0.15, 0.2) is 4.99 Å². The van der Waals surface area contributed by atoms with E-state index < -0.39 is 0 Å². The largest absolute Gasteiger partial charge is 0.356 e. The molecular formula is C17H29N7. The molecule has 0 aromatic carbocycles. The molecule has 0 bridgehead atoms. The standard InChI is InChI=1S/C17H29N7/c1-12-21-22-16-6-3-13(10-24(12)16)9-19-17(18-2)20-14-7-8-23(11-14)15-4-5-15/h13-15H,3-11H2,1-2H3,(H2,18,19,20). The van der Waals surface area contributed by atoms with Gasteiger partial charge in [0.25, 0.3) is 0 Å². The predicted octanol–water partition coefficient (Wildman–Crippen LogP) is 0.551. The zero-order chi connectivity index (χ0) is 16.5. The van der Waals surface area contributed by atoms with Crippen molar-refractivity contribution in [3.63, 3.8) is 0 Å². The molecule has 1 aromatic heterocycles. The van der Waals surface area contributed by atoms with Crippen molar-refractivity contribution in [1.82, 2.24) is 30.3 Å². The van der Waals surface area contributed by atoms with Gasteiger partial charge in [0.2, 0.25) is 0 Å². The number of hydrogen-bond donors (Lipinski definition) is 2. The predicted molar refractivity (Wildman–Crippen MR) is 94.1 cm³/mol. The molecule has 1 aromatic rings. The van der Waals surface area contributed by atoms with E-state index in [1.165, 1.54) is 32.2 Å². The van der Waals surface area contributed by atoms with Crippen molar-refractivity contribution >= 4 is 5.96 Å². The number of rotatable bonds is 4. The van der Waals surface area contributed by atoms with Crippen molar-refractivity contribution in [2.75, 3.05) is 26.7 Å². The normalized spacial score (nSPS) is 28.0. The Bertz CT molecular complexity index is 604. The molecular weight excluding hydrogens is 302 g/mol. The summed E-state index contributed by atoms with van der Waals surface area (Å²) in [6.07, 6.45) is 6.21. The van der Waals surface area contributed by atoms with Crippen LogP contribution in [0, 0.1) is 12.8 Å². The molecule has 4 rings (SSSR count). The van der Waals surface area contributed by atoms with Gasteiger partial charge >= 0.3 is 0 Å². The van der Waals surface area contributed by atoms with Gasteiger partial charge in [-0.2, -0.15) is 0 Å². The second kappa shape index (κ2) is 6.70. The summed E-state index contributed by atoms with van der Waals surface area (Å²) < 4.78 is 2.26. The summed E-state index contributed by atoms with van der Waals surface area (Å²) in [6.45, 7) is 6.40. The molecule has 0 spiro atoms. The number of guanidine groups is 1. The second-order valence-electron chi connectivity index (χ2n) is 7.49. The highest BCUT2D eigenvalue weighted by molar-refractivity contribution is 5.80. The lowest BCUT2D eigenvalue weighted by atomic mass is 9.99. The van der Waals surface area contributed by atoms with E-state index in [2.05, 4.69) is 35.3 Å². The summed E-state index contributed by atoms with van der Waals surface area (Å²) in [7, 11) is 1.87. The fraction of sp³-hybridized carbons (Fsp3) is 0.824. The SMILES string of the molecule is CN=C(NCC1CCc2nnc(C)n2C1)NC1CCN(C2CC2)C1. The molecule has 3 aliphatic rings. The summed E-state index contributed by atoms with van der Waals surface area (Å²) >= 11 is 0. The van der Waals surface area contributed by atoms with Crippen molar-refractivity contribution in [3.05, 3.63) is 11.6 Å². The first-order valence-corrected chi connectivity index (χ1v) is 9.33. The number of aryl methyl sites for hydroxylation is 2. The van der Waals surface area contributed by atoms with Gasteiger partial charge in [-0.05, 0) is 38.5 Å². The molecule has 1 saturated carbocycles. The summed E-state index contributed by atoms with van der Waals surface area (Å²) in [5.74, 6) is 3.72. The smallest absolute Gasteiger partial charge is 0.191 e. The Morgan fingerprint density at radius 3 is 2.88 bits per heavy atom. The van der Waals surface area contributed by atoms with Crippen LogP contribution < -0.4 is 10.6 Å². The molecule has 132 valence electrons. The first-order chi connectivity index (χ1) is 11.7. The Morgan fingerprint density at radius 1 is 1.21 bits per heavy atom. The lowest BCUT2D eigenvalue weighted by Gasteiger charge is -2.25. The summed E-state index contributed by atoms with van der Waals surface area (Å²) in [4.78, 5) is 7.05. The van der Waals surface area contributed by atoms with Gasteiger partial charge in [0.1, 0.15) is 11.6 Å². The zero-order valence-corrected chi connectivity index (χ0v) is 14.8. The Balaban J connectivity index is 1.25. The lowest BCUT2D eigenvalue weighted by molar-refractivity contribution is 0.321. The molecule has 1 aliphatic carbocycles. The van der Waals surface area contributed by atoms with E-state index in [0.29, 0.717) is 12.0 Å². The maximum Gasteiger partial charge on any atom is 0.191 e. The number of fused-ring (bicyclic) bond motifs is 1. The Labute approximate surface area is 143 Å². The minimum absolute atomic E-state index is 0.537. The fourth-order valence-corrected chi connectivity index (χ4v) is 4.00. The van der Waals surface area contributed by atoms with Gasteiger partial charge in [-0.1, -0.05) is 0 Å². The molecule has 2 fully saturated rings. The van der Waals surface area contributed by atoms with Crippen LogP contribution in [0.1, 0.15) is 37.3 Å². The maximum absolute atomic E-state index is 4.42. The maximum atomic E-state index is 4.42. The van der Waals surface area contributed by atoms with Gasteiger partial charge in [0.15, 0.2) is 5.96 Å². The average Bonchev–Trinajstić information content (AvgIpc) is 3.25. The van der Waals surface area contributed by atoms with E-state index >= 15 is 0 Å². The summed E-state index contributed by atoms with van der Waals surface area (Å²) in [6, 6.07) is 1.41. The van der Waals surface area contributed by atoms with Crippen molar-refractivity contribution in [2.45, 2.75) is 57.7 Å². The number of aliphatic imine (C=N–C) groups is 1. The quantitative estimate of drug-likeness (QED) is 0.623. The molecule has 2 N–H and O–H groups in total. The van der Waals surface area contributed by atoms with Gasteiger partial charge in [0, 0.05) is 51.7 Å². The first-order valence-electron chi connectivity index (χ1n) is 9.33. The van der Waals surface area contributed by atoms with Crippen molar-refractivity contribution < 1.29 is 0 Å². The van der Waals surface area contributed by atoms with Gasteiger partial charge < -0.3 is 15.2 Å². The zero-order valence-electron chi connectivity index (χ0n) is 14.8. The molecule has 2 unspecified atom stereocenters. The van der Waals surface area contributed by atoms with Crippen LogP contribution in [0.3, 0.4) is 0 Å². The molecule has 2 aliphatic heterocycles. The van der Waals surface area contributed by atoms with Gasteiger partial charge in [0.05, 0.1) is 0 Å². The molecule has 7 nitrogen and oxygen atoms in total. The van der Waals surface area contributed by atoms with Gasteiger partial charge in [-0.3, -0.25) is 9.89 Å². The van der Waals surface area contributed by atoms with E-state index in [0.717, 1.165) is 49.7 Å². The van der Waals surface area contributed by atoms with Gasteiger partial charge in [-0.25, -0.2) is 0 Å². The highest BCUT2D eigenvalue weighted by Gasteiger charge is 2.34. The molecule has 1 saturated heterocycles. The highest BCUT2D eigenvalue weighted by Crippen LogP contribution is 2.29. The highest BCUT2D eigenvalue weighted by atomic mass is 15.3. The molecule has 7 heteroatoms. The first kappa shape index (κ1) is 15.9. The monoisotopic (exact) mass is 331 g/mol. The minimum Gasteiger partial charge on any atom is -0.356 e. The third-order valence-electron chi connectivity index (χ3n) is 5.63. The van der Waals surface area contributed by atoms with Crippen LogP contribution in [-0.4, -0.2) is 64.4 Å². The molecule has 0 amide bonds. The van der Waals surface area contributed by atoms with Crippen LogP contribution in [-0.2, 0) is 13.0 Å². The fourth-order valence-electron chi connectivity index (χ4n) is 4.00. The van der Waals surface area contributed by atoms with Crippen LogP contribution in [0.5, 0.6) is 0 Å². The van der Waals surface area contributed by atoms with Crippen LogP contribution in [0.25, 0.3) is 0 Å². The molecule has 3 heterocycles. The summed E-state index contributed by atoms with van der Waals surface area (Å²) in [5.41, 5.74) is 0. The van der Waals surface area contributed by atoms with Crippen molar-refractivity contribution in [3.8, 4) is 0 Å². The number of aromatic nitrogens is 3. The summed E-state index contributed by atoms with van der Waals surface area (Å²) in [5, 5.41) is 15.6. The van der Waals surface area contributed by atoms with Crippen LogP contribution >= 0.6 is 0 Å². The van der Waals surface area contributed by atoms with Crippen molar-refractivity contribution in [2.24, 2.45) is 10.9 Å². The third-order valence-corrected chi connectivity index (χ3v) is 5.63. The van der Waals surface area contributed by atoms with Crippen LogP contribution in [0.2, 0.25) is 0 Å². The second-order valence-corrected chi connectivity index (χ2v) is 7.49. The number of likely N-dealkylation sites (tertiary alicyclic amines) is 1. The Kier molecular flexibility index (Phi) is 4.43. The van der Waals surface area contributed by atoms with E-state index in [4.69, 9.17) is 0 Å². The number of nitrogens with one attached hydrogen (secondary N) is 2. The third kappa shape index (κ3) is 3.41. The minimum atomic E-state index is 0.537. The van der Waals surface area contributed by atoms with E-state index in [1.54, 1.807) is 0 Å². The van der Waals surface area contributed by atoms with Gasteiger partial charge in [-0.15, -0.1) is 10.2 Å². The Hall–Kier alpha value is -1.63. The Morgan fingerprint density at radius 2 is 2.08 bits per heavy atom. The van der Waals surface area contributed by atoms with E-state index in [-0.39, 0.29) is 0 Å². The van der Waals surface area contributed by atoms with Crippen LogP contribution in [0.4, 0.5) is 0 Å². The number of nitrogens with zero attached hydrogens (tertiary/aromatic N) is 5. The molecule has 24 heavy (non-hydrogen) atoms. The van der Waals surface area contributed by atoms with E-state index in [1.807, 2.05) is 14.0 Å². The topological polar surface area (TPSA) is 70.4 Å². The molecule has 0 radical (unpaired) electrons.